The Bertz CT molecular complexity index is 2150. The Morgan fingerprint density at radius 3 is 2.48 bits per heavy atom. The zero-order chi connectivity index (χ0) is 30.1. The summed E-state index contributed by atoms with van der Waals surface area (Å²) in [5, 5.41) is 2.14. The van der Waals surface area contributed by atoms with Gasteiger partial charge in [-0.05, 0) is 73.7 Å². The summed E-state index contributed by atoms with van der Waals surface area (Å²) in [6, 6.07) is 30.9. The molecule has 2 aliphatic heterocycles. The minimum atomic E-state index is 0.146. The molecule has 216 valence electrons. The van der Waals surface area contributed by atoms with Gasteiger partial charge in [0.25, 0.3) is 0 Å². The number of rotatable bonds is 1. The lowest BCUT2D eigenvalue weighted by Crippen LogP contribution is -2.48. The van der Waals surface area contributed by atoms with Crippen LogP contribution in [0.5, 0.6) is 0 Å². The number of allylic oxidation sites excluding steroid dienone is 2. The van der Waals surface area contributed by atoms with Gasteiger partial charge in [0.15, 0.2) is 12.2 Å². The molecule has 0 saturated heterocycles. The largest absolute Gasteiger partial charge is 0.437 e. The first kappa shape index (κ1) is 26.7. The molecule has 2 unspecified atom stereocenters. The summed E-state index contributed by atoms with van der Waals surface area (Å²) in [5.74, 6) is 0.146. The molecule has 0 spiro atoms. The van der Waals surface area contributed by atoms with Crippen LogP contribution in [0.4, 0.5) is 0 Å². The fourth-order valence-electron chi connectivity index (χ4n) is 7.83. The molecule has 3 aromatic heterocycles. The summed E-state index contributed by atoms with van der Waals surface area (Å²) in [7, 11) is 2.16. The molecular weight excluding hydrogens is 538 g/mol. The predicted molar refractivity (Wildman–Crippen MR) is 179 cm³/mol. The number of likely N-dealkylation sites (N-methyl/N-ethyl adjacent to an activating group) is 1. The number of furan rings is 1. The highest BCUT2D eigenvalue weighted by atomic mass is 16.3. The molecular formula is C40H36N3O+. The lowest BCUT2D eigenvalue weighted by Gasteiger charge is -2.35. The molecule has 0 radical (unpaired) electrons. The van der Waals surface area contributed by atoms with Crippen molar-refractivity contribution in [3.05, 3.63) is 137 Å². The summed E-state index contributed by atoms with van der Waals surface area (Å²) >= 11 is 0. The highest BCUT2D eigenvalue weighted by Gasteiger charge is 2.43. The van der Waals surface area contributed by atoms with Gasteiger partial charge in [-0.1, -0.05) is 61.2 Å². The Balaban J connectivity index is 1.32. The third-order valence-corrected chi connectivity index (χ3v) is 9.92. The maximum absolute atomic E-state index is 6.76. The number of fused-ring (bicyclic) bond motifs is 11. The van der Waals surface area contributed by atoms with Crippen molar-refractivity contribution in [1.82, 2.24) is 9.88 Å². The second-order valence-electron chi connectivity index (χ2n) is 12.3. The summed E-state index contributed by atoms with van der Waals surface area (Å²) in [6.45, 7) is 11.2. The molecule has 6 aromatic rings. The van der Waals surface area contributed by atoms with Crippen LogP contribution in [-0.4, -0.2) is 16.9 Å². The maximum Gasteiger partial charge on any atom is 0.227 e. The van der Waals surface area contributed by atoms with Gasteiger partial charge in [-0.2, -0.15) is 4.57 Å². The molecule has 44 heavy (non-hydrogen) atoms. The Morgan fingerprint density at radius 2 is 1.66 bits per heavy atom. The summed E-state index contributed by atoms with van der Waals surface area (Å²) < 4.78 is 9.24. The molecule has 3 aromatic carbocycles. The van der Waals surface area contributed by atoms with Gasteiger partial charge in [-0.25, -0.2) is 4.98 Å². The smallest absolute Gasteiger partial charge is 0.227 e. The van der Waals surface area contributed by atoms with E-state index in [2.05, 4.69) is 134 Å². The van der Waals surface area contributed by atoms with E-state index >= 15 is 0 Å². The van der Waals surface area contributed by atoms with E-state index in [9.17, 15) is 0 Å². The first-order valence-electron chi connectivity index (χ1n) is 15.6. The highest BCUT2D eigenvalue weighted by molar-refractivity contribution is 6.08. The normalized spacial score (nSPS) is 18.8. The van der Waals surface area contributed by atoms with Gasteiger partial charge in [-0.15, -0.1) is 0 Å². The van der Waals surface area contributed by atoms with Crippen LogP contribution in [-0.2, 0) is 6.42 Å². The van der Waals surface area contributed by atoms with E-state index in [-0.39, 0.29) is 12.0 Å². The fraction of sp³-hybridized carbons (Fsp3) is 0.200. The number of aryl methyl sites for hydroxylation is 3. The number of hydrogen-bond acceptors (Lipinski definition) is 3. The van der Waals surface area contributed by atoms with Crippen LogP contribution in [0.2, 0.25) is 0 Å². The number of benzene rings is 3. The van der Waals surface area contributed by atoms with E-state index in [0.717, 1.165) is 51.8 Å². The van der Waals surface area contributed by atoms with Crippen molar-refractivity contribution in [2.24, 2.45) is 0 Å². The molecule has 0 amide bonds. The van der Waals surface area contributed by atoms with E-state index in [4.69, 9.17) is 16.0 Å². The van der Waals surface area contributed by atoms with Gasteiger partial charge in [0.1, 0.15) is 5.58 Å². The van der Waals surface area contributed by atoms with Gasteiger partial charge in [0, 0.05) is 58.9 Å². The van der Waals surface area contributed by atoms with Crippen molar-refractivity contribution < 1.29 is 8.98 Å². The number of hydrogen-bond donors (Lipinski definition) is 0. The van der Waals surface area contributed by atoms with E-state index < -0.39 is 0 Å². The molecule has 4 heteroatoms. The predicted octanol–water partition coefficient (Wildman–Crippen LogP) is 9.31. The average Bonchev–Trinajstić information content (AvgIpc) is 3.43. The van der Waals surface area contributed by atoms with Gasteiger partial charge in [-0.3, -0.25) is 0 Å². The Labute approximate surface area is 258 Å². The molecule has 4 nitrogen and oxygen atoms in total. The number of aromatic nitrogens is 2. The lowest BCUT2D eigenvalue weighted by molar-refractivity contribution is -0.717. The minimum absolute atomic E-state index is 0.146. The second-order valence-corrected chi connectivity index (χ2v) is 12.3. The first-order valence-corrected chi connectivity index (χ1v) is 15.6. The van der Waals surface area contributed by atoms with Crippen LogP contribution in [0.25, 0.3) is 50.3 Å². The molecule has 0 bridgehead atoms. The Morgan fingerprint density at radius 1 is 0.886 bits per heavy atom. The van der Waals surface area contributed by atoms with Crippen LogP contribution in [0, 0.1) is 13.8 Å². The Hall–Kier alpha value is -4.96. The van der Waals surface area contributed by atoms with Crippen molar-refractivity contribution in [1.29, 1.82) is 0 Å². The van der Waals surface area contributed by atoms with Crippen LogP contribution in [0.3, 0.4) is 0 Å². The fourth-order valence-corrected chi connectivity index (χ4v) is 7.83. The molecule has 2 aliphatic rings. The lowest BCUT2D eigenvalue weighted by atomic mass is 9.79. The zero-order valence-corrected chi connectivity index (χ0v) is 25.8. The van der Waals surface area contributed by atoms with Crippen molar-refractivity contribution in [2.45, 2.75) is 45.6 Å². The highest BCUT2D eigenvalue weighted by Crippen LogP contribution is 2.48. The summed E-state index contributed by atoms with van der Waals surface area (Å²) in [6.07, 6.45) is 6.36. The third kappa shape index (κ3) is 3.83. The quantitative estimate of drug-likeness (QED) is 0.184. The van der Waals surface area contributed by atoms with E-state index in [1.165, 1.54) is 39.1 Å². The van der Waals surface area contributed by atoms with Crippen LogP contribution >= 0.6 is 0 Å². The molecule has 0 saturated carbocycles. The second kappa shape index (κ2) is 10.1. The summed E-state index contributed by atoms with van der Waals surface area (Å²) in [4.78, 5) is 7.39. The third-order valence-electron chi connectivity index (χ3n) is 9.92. The van der Waals surface area contributed by atoms with Gasteiger partial charge >= 0.3 is 0 Å². The molecule has 5 heterocycles. The van der Waals surface area contributed by atoms with Gasteiger partial charge in [0.2, 0.25) is 11.4 Å². The minimum Gasteiger partial charge on any atom is -0.437 e. The zero-order valence-electron chi connectivity index (χ0n) is 25.8. The van der Waals surface area contributed by atoms with E-state index in [1.54, 1.807) is 0 Å². The molecule has 8 rings (SSSR count). The van der Waals surface area contributed by atoms with Crippen molar-refractivity contribution in [2.75, 3.05) is 7.05 Å². The van der Waals surface area contributed by atoms with E-state index in [1.807, 2.05) is 0 Å². The monoisotopic (exact) mass is 574 g/mol. The molecule has 2 atom stereocenters. The first-order chi connectivity index (χ1) is 21.5. The van der Waals surface area contributed by atoms with Gasteiger partial charge in [0.05, 0.1) is 17.2 Å². The SMILES string of the molecule is C=C1C2c3ccccc3-c3cccc[n+]3C2CCc2ccc3c(oc4nc(-c5c(C)cccc5C)ccc43)c2/C(=C/C)N1C. The summed E-state index contributed by atoms with van der Waals surface area (Å²) in [5.41, 5.74) is 14.7. The Kier molecular flexibility index (Phi) is 6.09. The van der Waals surface area contributed by atoms with Crippen molar-refractivity contribution in [3.8, 4) is 22.5 Å². The van der Waals surface area contributed by atoms with Crippen molar-refractivity contribution in [3.63, 3.8) is 0 Å². The average molecular weight is 575 g/mol. The number of pyridine rings is 2. The molecule has 0 N–H and O–H groups in total. The van der Waals surface area contributed by atoms with Crippen molar-refractivity contribution >= 4 is 27.8 Å². The van der Waals surface area contributed by atoms with Gasteiger partial charge < -0.3 is 9.32 Å². The van der Waals surface area contributed by atoms with E-state index in [0.29, 0.717) is 5.71 Å². The number of nitrogens with zero attached hydrogens (tertiary/aromatic N) is 3. The van der Waals surface area contributed by atoms with Crippen LogP contribution in [0.1, 0.15) is 53.1 Å². The maximum atomic E-state index is 6.76. The van der Waals surface area contributed by atoms with Crippen LogP contribution < -0.4 is 4.57 Å². The topological polar surface area (TPSA) is 33.1 Å². The molecule has 0 fully saturated rings. The van der Waals surface area contributed by atoms with Crippen LogP contribution in [0.15, 0.2) is 114 Å². The standard InChI is InChI=1S/C40H36N3O/c1-6-33-38-27(17-19-30-31-20-21-32(41-40(31)44-39(30)38)36-24(2)12-11-13-25(36)3)18-22-35-37(26(4)42(33)5)29-15-8-7-14-28(29)34-16-9-10-23-43(34)35/h6-17,19-21,23,35,37H,4,18,22H2,1-3,5H3/q+1/b33-6-. The molecule has 0 aliphatic carbocycles.